The van der Waals surface area contributed by atoms with Crippen LogP contribution in [0.3, 0.4) is 0 Å². The van der Waals surface area contributed by atoms with E-state index in [1.54, 1.807) is 12.1 Å². The minimum Gasteiger partial charge on any atom is -0.399 e. The summed E-state index contributed by atoms with van der Waals surface area (Å²) in [5.74, 6) is 0.800. The first kappa shape index (κ1) is 10.9. The maximum absolute atomic E-state index is 6.07. The van der Waals surface area contributed by atoms with Crippen molar-refractivity contribution in [3.05, 3.63) is 22.2 Å². The first-order valence-corrected chi connectivity index (χ1v) is 5.83. The molecule has 1 aliphatic carbocycles. The number of nitrogen functional groups attached to an aromatic ring is 1. The summed E-state index contributed by atoms with van der Waals surface area (Å²) >= 11 is 12.1. The molecule has 0 heterocycles. The van der Waals surface area contributed by atoms with Crippen LogP contribution < -0.4 is 11.1 Å². The number of benzene rings is 1. The molecule has 0 amide bonds. The first-order chi connectivity index (χ1) is 7.06. The molecule has 0 atom stereocenters. The van der Waals surface area contributed by atoms with Crippen LogP contribution in [0.25, 0.3) is 0 Å². The summed E-state index contributed by atoms with van der Waals surface area (Å²) < 4.78 is 0. The van der Waals surface area contributed by atoms with Gasteiger partial charge < -0.3 is 11.1 Å². The molecule has 0 radical (unpaired) electrons. The van der Waals surface area contributed by atoms with Gasteiger partial charge in [-0.3, -0.25) is 0 Å². The van der Waals surface area contributed by atoms with Gasteiger partial charge in [0.25, 0.3) is 0 Å². The number of rotatable bonds is 2. The second-order valence-electron chi connectivity index (χ2n) is 4.28. The van der Waals surface area contributed by atoms with Gasteiger partial charge in [-0.1, -0.05) is 30.1 Å². The van der Waals surface area contributed by atoms with E-state index in [2.05, 4.69) is 12.2 Å². The first-order valence-electron chi connectivity index (χ1n) is 5.07. The quantitative estimate of drug-likeness (QED) is 0.778. The minimum atomic E-state index is 0.499. The van der Waals surface area contributed by atoms with Crippen LogP contribution in [-0.4, -0.2) is 6.04 Å². The van der Waals surface area contributed by atoms with Crippen LogP contribution in [0.15, 0.2) is 12.1 Å². The Bertz CT molecular complexity index is 350. The molecule has 1 saturated carbocycles. The van der Waals surface area contributed by atoms with Crippen LogP contribution in [0.1, 0.15) is 19.8 Å². The summed E-state index contributed by atoms with van der Waals surface area (Å²) in [7, 11) is 0. The summed E-state index contributed by atoms with van der Waals surface area (Å²) in [6, 6.07) is 3.94. The normalized spacial score (nSPS) is 24.7. The highest BCUT2D eigenvalue weighted by Crippen LogP contribution is 2.37. The molecule has 15 heavy (non-hydrogen) atoms. The fourth-order valence-corrected chi connectivity index (χ4v) is 2.57. The molecule has 1 aliphatic rings. The summed E-state index contributed by atoms with van der Waals surface area (Å²) in [5.41, 5.74) is 7.04. The highest BCUT2D eigenvalue weighted by atomic mass is 35.5. The van der Waals surface area contributed by atoms with Crippen molar-refractivity contribution in [1.82, 2.24) is 0 Å². The van der Waals surface area contributed by atoms with Gasteiger partial charge in [-0.15, -0.1) is 0 Å². The van der Waals surface area contributed by atoms with Gasteiger partial charge in [0.1, 0.15) is 0 Å². The zero-order valence-corrected chi connectivity index (χ0v) is 10.1. The number of anilines is 2. The van der Waals surface area contributed by atoms with Crippen LogP contribution in [0.5, 0.6) is 0 Å². The Balaban J connectivity index is 2.14. The molecule has 1 aromatic rings. The van der Waals surface area contributed by atoms with Gasteiger partial charge >= 0.3 is 0 Å². The number of nitrogens with two attached hydrogens (primary N) is 1. The largest absolute Gasteiger partial charge is 0.399 e. The minimum absolute atomic E-state index is 0.499. The summed E-state index contributed by atoms with van der Waals surface area (Å²) in [4.78, 5) is 0. The molecule has 82 valence electrons. The number of nitrogens with one attached hydrogen (secondary N) is 1. The molecule has 4 heteroatoms. The lowest BCUT2D eigenvalue weighted by Gasteiger charge is -2.34. The van der Waals surface area contributed by atoms with E-state index in [4.69, 9.17) is 28.9 Å². The monoisotopic (exact) mass is 244 g/mol. The van der Waals surface area contributed by atoms with Crippen LogP contribution in [0, 0.1) is 5.92 Å². The lowest BCUT2D eigenvalue weighted by molar-refractivity contribution is 0.309. The molecule has 0 bridgehead atoms. The second kappa shape index (κ2) is 4.11. The third kappa shape index (κ3) is 2.32. The van der Waals surface area contributed by atoms with Crippen molar-refractivity contribution in [2.24, 2.45) is 5.92 Å². The van der Waals surface area contributed by atoms with Gasteiger partial charge in [0.2, 0.25) is 0 Å². The van der Waals surface area contributed by atoms with E-state index in [-0.39, 0.29) is 0 Å². The van der Waals surface area contributed by atoms with Crippen molar-refractivity contribution in [2.45, 2.75) is 25.8 Å². The fraction of sp³-hybridized carbons (Fsp3) is 0.455. The Morgan fingerprint density at radius 1 is 1.27 bits per heavy atom. The SMILES string of the molecule is CC1CC(Nc2c(Cl)cc(N)cc2Cl)C1. The highest BCUT2D eigenvalue weighted by molar-refractivity contribution is 6.39. The van der Waals surface area contributed by atoms with Crippen LogP contribution in [0.2, 0.25) is 10.0 Å². The zero-order valence-electron chi connectivity index (χ0n) is 8.56. The lowest BCUT2D eigenvalue weighted by atomic mass is 9.82. The van der Waals surface area contributed by atoms with E-state index in [1.807, 2.05) is 0 Å². The van der Waals surface area contributed by atoms with Crippen LogP contribution in [0.4, 0.5) is 11.4 Å². The Hall–Kier alpha value is -0.600. The van der Waals surface area contributed by atoms with Crippen LogP contribution in [-0.2, 0) is 0 Å². The molecule has 2 rings (SSSR count). The average Bonchev–Trinajstić information content (AvgIpc) is 2.07. The summed E-state index contributed by atoms with van der Waals surface area (Å²) in [5, 5.41) is 4.55. The molecule has 1 fully saturated rings. The number of hydrogen-bond acceptors (Lipinski definition) is 2. The Morgan fingerprint density at radius 3 is 2.27 bits per heavy atom. The Kier molecular flexibility index (Phi) is 2.98. The van der Waals surface area contributed by atoms with Crippen LogP contribution >= 0.6 is 23.2 Å². The van der Waals surface area contributed by atoms with E-state index in [0.29, 0.717) is 21.8 Å². The van der Waals surface area contributed by atoms with Gasteiger partial charge in [0, 0.05) is 11.7 Å². The maximum Gasteiger partial charge on any atom is 0.0722 e. The van der Waals surface area contributed by atoms with Gasteiger partial charge in [-0.05, 0) is 30.9 Å². The van der Waals surface area contributed by atoms with Crippen molar-refractivity contribution >= 4 is 34.6 Å². The van der Waals surface area contributed by atoms with Crippen molar-refractivity contribution < 1.29 is 0 Å². The van der Waals surface area contributed by atoms with Gasteiger partial charge in [-0.25, -0.2) is 0 Å². The van der Waals surface area contributed by atoms with Gasteiger partial charge in [0.15, 0.2) is 0 Å². The summed E-state index contributed by atoms with van der Waals surface area (Å²) in [6.45, 7) is 2.24. The van der Waals surface area contributed by atoms with Crippen molar-refractivity contribution in [3.8, 4) is 0 Å². The summed E-state index contributed by atoms with van der Waals surface area (Å²) in [6.07, 6.45) is 2.36. The molecule has 0 aliphatic heterocycles. The highest BCUT2D eigenvalue weighted by Gasteiger charge is 2.26. The molecule has 0 aromatic heterocycles. The molecule has 2 nitrogen and oxygen atoms in total. The molecule has 0 unspecified atom stereocenters. The molecular formula is C11H14Cl2N2. The maximum atomic E-state index is 6.07. The van der Waals surface area contributed by atoms with E-state index >= 15 is 0 Å². The average molecular weight is 245 g/mol. The molecule has 0 saturated heterocycles. The topological polar surface area (TPSA) is 38.0 Å². The predicted molar refractivity (Wildman–Crippen MR) is 66.7 cm³/mol. The molecule has 3 N–H and O–H groups in total. The third-order valence-electron chi connectivity index (χ3n) is 2.79. The van der Waals surface area contributed by atoms with Crippen molar-refractivity contribution in [3.63, 3.8) is 0 Å². The standard InChI is InChI=1S/C11H14Cl2N2/c1-6-2-8(3-6)15-11-9(12)4-7(14)5-10(11)13/h4-6,8,15H,2-3,14H2,1H3. The molecular weight excluding hydrogens is 231 g/mol. The number of hydrogen-bond donors (Lipinski definition) is 2. The number of halogens is 2. The van der Waals surface area contributed by atoms with Crippen molar-refractivity contribution in [1.29, 1.82) is 0 Å². The van der Waals surface area contributed by atoms with E-state index < -0.39 is 0 Å². The predicted octanol–water partition coefficient (Wildman–Crippen LogP) is 3.79. The zero-order chi connectivity index (χ0) is 11.0. The van der Waals surface area contributed by atoms with E-state index in [9.17, 15) is 0 Å². The lowest BCUT2D eigenvalue weighted by Crippen LogP contribution is -2.33. The van der Waals surface area contributed by atoms with E-state index in [1.165, 1.54) is 12.8 Å². The third-order valence-corrected chi connectivity index (χ3v) is 3.38. The Morgan fingerprint density at radius 2 is 1.80 bits per heavy atom. The van der Waals surface area contributed by atoms with Gasteiger partial charge in [-0.2, -0.15) is 0 Å². The van der Waals surface area contributed by atoms with E-state index in [0.717, 1.165) is 11.6 Å². The molecule has 1 aromatic carbocycles. The molecule has 0 spiro atoms. The Labute approximate surface area is 99.7 Å². The van der Waals surface area contributed by atoms with Gasteiger partial charge in [0.05, 0.1) is 15.7 Å². The second-order valence-corrected chi connectivity index (χ2v) is 5.09. The smallest absolute Gasteiger partial charge is 0.0722 e. The van der Waals surface area contributed by atoms with Crippen molar-refractivity contribution in [2.75, 3.05) is 11.1 Å². The fourth-order valence-electron chi connectivity index (χ4n) is 1.95.